The van der Waals surface area contributed by atoms with E-state index in [2.05, 4.69) is 15.5 Å². The molecule has 0 saturated carbocycles. The van der Waals surface area contributed by atoms with E-state index < -0.39 is 23.7 Å². The molecule has 1 aromatic heterocycles. The number of anilines is 1. The summed E-state index contributed by atoms with van der Waals surface area (Å²) in [6.45, 7) is 0. The van der Waals surface area contributed by atoms with Gasteiger partial charge in [-0.3, -0.25) is 4.79 Å². The maximum absolute atomic E-state index is 13.0. The molecule has 1 N–H and O–H groups in total. The molecule has 0 spiro atoms. The number of alkyl halides is 3. The van der Waals surface area contributed by atoms with E-state index >= 15 is 0 Å². The van der Waals surface area contributed by atoms with Gasteiger partial charge in [0.05, 0.1) is 10.8 Å². The van der Waals surface area contributed by atoms with Crippen molar-refractivity contribution in [2.75, 3.05) is 11.1 Å². The van der Waals surface area contributed by atoms with E-state index in [0.29, 0.717) is 0 Å². The lowest BCUT2D eigenvalue weighted by Crippen LogP contribution is -2.15. The largest absolute Gasteiger partial charge is 0.451 e. The first-order valence-corrected chi connectivity index (χ1v) is 7.39. The molecule has 124 valence electrons. The molecule has 23 heavy (non-hydrogen) atoms. The number of amides is 1. The zero-order valence-electron chi connectivity index (χ0n) is 11.5. The number of hydrogen-bond donors (Lipinski definition) is 1. The Morgan fingerprint density at radius 1 is 1.39 bits per heavy atom. The first kappa shape index (κ1) is 17.5. The average Bonchev–Trinajstić information content (AvgIpc) is 2.82. The van der Waals surface area contributed by atoms with Crippen molar-refractivity contribution in [3.05, 3.63) is 34.9 Å². The Bertz CT molecular complexity index is 734. The van der Waals surface area contributed by atoms with Gasteiger partial charge in [-0.1, -0.05) is 23.4 Å². The molecule has 0 radical (unpaired) electrons. The van der Waals surface area contributed by atoms with Crippen LogP contribution in [0.25, 0.3) is 0 Å². The Morgan fingerprint density at radius 2 is 2.09 bits per heavy atom. The van der Waals surface area contributed by atoms with E-state index in [9.17, 15) is 22.4 Å². The third-order valence-electron chi connectivity index (χ3n) is 2.62. The molecule has 2 rings (SSSR count). The standard InChI is InChI=1S/C12H9ClF4N4OS/c1-21-10(12(15,16)17)19-20-11(21)23-5-9(22)18-6-2-3-8(14)7(13)4-6/h2-4H,5H2,1H3,(H,18,22). The molecule has 0 atom stereocenters. The quantitative estimate of drug-likeness (QED) is 0.664. The average molecular weight is 369 g/mol. The maximum atomic E-state index is 13.0. The van der Waals surface area contributed by atoms with Gasteiger partial charge in [0.1, 0.15) is 5.82 Å². The van der Waals surface area contributed by atoms with Crippen LogP contribution in [0.4, 0.5) is 23.2 Å². The highest BCUT2D eigenvalue weighted by molar-refractivity contribution is 7.99. The summed E-state index contributed by atoms with van der Waals surface area (Å²) in [6, 6.07) is 3.63. The van der Waals surface area contributed by atoms with Crippen LogP contribution in [0.2, 0.25) is 5.02 Å². The summed E-state index contributed by atoms with van der Waals surface area (Å²) in [7, 11) is 1.16. The SMILES string of the molecule is Cn1c(SCC(=O)Nc2ccc(F)c(Cl)c2)nnc1C(F)(F)F. The van der Waals surface area contributed by atoms with Crippen LogP contribution < -0.4 is 5.32 Å². The van der Waals surface area contributed by atoms with E-state index in [4.69, 9.17) is 11.6 Å². The van der Waals surface area contributed by atoms with E-state index in [0.717, 1.165) is 29.4 Å². The minimum absolute atomic E-state index is 0.0513. The highest BCUT2D eigenvalue weighted by Gasteiger charge is 2.37. The Kier molecular flexibility index (Phi) is 5.15. The molecule has 0 aliphatic heterocycles. The number of aromatic nitrogens is 3. The van der Waals surface area contributed by atoms with Gasteiger partial charge in [0.2, 0.25) is 11.7 Å². The fraction of sp³-hybridized carbons (Fsp3) is 0.250. The molecular weight excluding hydrogens is 360 g/mol. The molecule has 0 fully saturated rings. The number of thioether (sulfide) groups is 1. The van der Waals surface area contributed by atoms with Crippen molar-refractivity contribution in [3.8, 4) is 0 Å². The van der Waals surface area contributed by atoms with Crippen LogP contribution >= 0.6 is 23.4 Å². The van der Waals surface area contributed by atoms with E-state index in [1.807, 2.05) is 0 Å². The normalized spacial score (nSPS) is 11.6. The molecule has 1 aromatic carbocycles. The summed E-state index contributed by atoms with van der Waals surface area (Å²) in [6.07, 6.45) is -4.62. The second-order valence-electron chi connectivity index (χ2n) is 4.33. The van der Waals surface area contributed by atoms with Crippen molar-refractivity contribution in [2.45, 2.75) is 11.3 Å². The van der Waals surface area contributed by atoms with Crippen LogP contribution in [-0.4, -0.2) is 26.4 Å². The Morgan fingerprint density at radius 3 is 2.65 bits per heavy atom. The molecule has 1 heterocycles. The molecular formula is C12H9ClF4N4OS. The van der Waals surface area contributed by atoms with E-state index in [1.54, 1.807) is 0 Å². The van der Waals surface area contributed by atoms with Crippen LogP contribution in [-0.2, 0) is 18.0 Å². The fourth-order valence-electron chi connectivity index (χ4n) is 1.59. The van der Waals surface area contributed by atoms with Crippen molar-refractivity contribution in [3.63, 3.8) is 0 Å². The third kappa shape index (κ3) is 4.35. The number of carbonyl (C=O) groups excluding carboxylic acids is 1. The molecule has 0 unspecified atom stereocenters. The molecule has 0 aliphatic rings. The monoisotopic (exact) mass is 368 g/mol. The van der Waals surface area contributed by atoms with Gasteiger partial charge in [-0.15, -0.1) is 10.2 Å². The lowest BCUT2D eigenvalue weighted by molar-refractivity contribution is -0.147. The van der Waals surface area contributed by atoms with Gasteiger partial charge < -0.3 is 9.88 Å². The molecule has 0 bridgehead atoms. The highest BCUT2D eigenvalue weighted by atomic mass is 35.5. The van der Waals surface area contributed by atoms with E-state index in [1.165, 1.54) is 12.1 Å². The van der Waals surface area contributed by atoms with Gasteiger partial charge >= 0.3 is 6.18 Å². The van der Waals surface area contributed by atoms with Crippen LogP contribution in [0.15, 0.2) is 23.4 Å². The molecule has 1 amide bonds. The third-order valence-corrected chi connectivity index (χ3v) is 3.93. The van der Waals surface area contributed by atoms with Gasteiger partial charge in [-0.2, -0.15) is 13.2 Å². The van der Waals surface area contributed by atoms with Crippen LogP contribution in [0.1, 0.15) is 5.82 Å². The lowest BCUT2D eigenvalue weighted by Gasteiger charge is -2.07. The Balaban J connectivity index is 1.97. The van der Waals surface area contributed by atoms with Crippen LogP contribution in [0.5, 0.6) is 0 Å². The van der Waals surface area contributed by atoms with Crippen LogP contribution in [0.3, 0.4) is 0 Å². The predicted octanol–water partition coefficient (Wildman–Crippen LogP) is 3.36. The minimum atomic E-state index is -4.62. The van der Waals surface area contributed by atoms with Gasteiger partial charge in [0, 0.05) is 12.7 Å². The minimum Gasteiger partial charge on any atom is -0.325 e. The highest BCUT2D eigenvalue weighted by Crippen LogP contribution is 2.29. The van der Waals surface area contributed by atoms with Crippen molar-refractivity contribution >= 4 is 35.0 Å². The number of hydrogen-bond acceptors (Lipinski definition) is 4. The van der Waals surface area contributed by atoms with Crippen molar-refractivity contribution < 1.29 is 22.4 Å². The van der Waals surface area contributed by atoms with Gasteiger partial charge in [0.15, 0.2) is 5.16 Å². The van der Waals surface area contributed by atoms with Crippen molar-refractivity contribution in [2.24, 2.45) is 7.05 Å². The first-order chi connectivity index (χ1) is 10.7. The Hall–Kier alpha value is -1.81. The molecule has 2 aromatic rings. The predicted molar refractivity (Wildman–Crippen MR) is 76.8 cm³/mol. The first-order valence-electron chi connectivity index (χ1n) is 6.03. The van der Waals surface area contributed by atoms with Crippen molar-refractivity contribution in [1.82, 2.24) is 14.8 Å². The summed E-state index contributed by atoms with van der Waals surface area (Å²) in [5, 5.41) is 8.68. The topological polar surface area (TPSA) is 59.8 Å². The van der Waals surface area contributed by atoms with Gasteiger partial charge in [0.25, 0.3) is 0 Å². The number of carbonyl (C=O) groups is 1. The molecule has 11 heteroatoms. The number of halogens is 5. The van der Waals surface area contributed by atoms with Crippen LogP contribution in [0, 0.1) is 5.82 Å². The Labute approximate surface area is 137 Å². The molecule has 0 saturated heterocycles. The van der Waals surface area contributed by atoms with E-state index in [-0.39, 0.29) is 21.6 Å². The summed E-state index contributed by atoms with van der Waals surface area (Å²) in [4.78, 5) is 11.7. The smallest absolute Gasteiger partial charge is 0.325 e. The zero-order valence-corrected chi connectivity index (χ0v) is 13.1. The number of benzene rings is 1. The summed E-state index contributed by atoms with van der Waals surface area (Å²) in [5.41, 5.74) is 0.274. The summed E-state index contributed by atoms with van der Waals surface area (Å²) in [5.74, 6) is -2.48. The summed E-state index contributed by atoms with van der Waals surface area (Å²) < 4.78 is 51.4. The second-order valence-corrected chi connectivity index (χ2v) is 5.68. The van der Waals surface area contributed by atoms with Gasteiger partial charge in [-0.25, -0.2) is 4.39 Å². The number of nitrogens with zero attached hydrogens (tertiary/aromatic N) is 3. The summed E-state index contributed by atoms with van der Waals surface area (Å²) >= 11 is 6.37. The number of rotatable bonds is 4. The number of nitrogens with one attached hydrogen (secondary N) is 1. The van der Waals surface area contributed by atoms with Gasteiger partial charge in [-0.05, 0) is 18.2 Å². The fourth-order valence-corrected chi connectivity index (χ4v) is 2.48. The second kappa shape index (κ2) is 6.75. The van der Waals surface area contributed by atoms with Crippen molar-refractivity contribution in [1.29, 1.82) is 0 Å². The zero-order chi connectivity index (χ0) is 17.2. The molecule has 0 aliphatic carbocycles. The maximum Gasteiger partial charge on any atom is 0.451 e. The lowest BCUT2D eigenvalue weighted by atomic mass is 10.3. The molecule has 5 nitrogen and oxygen atoms in total.